The van der Waals surface area contributed by atoms with Gasteiger partial charge in [-0.1, -0.05) is 36.4 Å². The largest absolute Gasteiger partial charge is 0.373 e. The molecular weight excluding hydrogens is 404 g/mol. The predicted octanol–water partition coefficient (Wildman–Crippen LogP) is 2.87. The van der Waals surface area contributed by atoms with E-state index in [1.54, 1.807) is 11.0 Å². The average molecular weight is 437 g/mol. The highest BCUT2D eigenvalue weighted by Crippen LogP contribution is 2.33. The number of aliphatic hydroxyl groups is 1. The molecular formula is C24H32N6O2. The van der Waals surface area contributed by atoms with E-state index in [4.69, 9.17) is 15.6 Å². The summed E-state index contributed by atoms with van der Waals surface area (Å²) in [4.78, 5) is 10.2. The van der Waals surface area contributed by atoms with Gasteiger partial charge in [0.2, 0.25) is 0 Å². The van der Waals surface area contributed by atoms with E-state index in [0.29, 0.717) is 30.7 Å². The van der Waals surface area contributed by atoms with Crippen LogP contribution in [-0.4, -0.2) is 69.7 Å². The molecule has 0 amide bonds. The van der Waals surface area contributed by atoms with Crippen molar-refractivity contribution in [3.05, 3.63) is 59.8 Å². The minimum atomic E-state index is -0.740. The lowest BCUT2D eigenvalue weighted by Crippen LogP contribution is -2.52. The molecule has 170 valence electrons. The Morgan fingerprint density at radius 2 is 1.94 bits per heavy atom. The van der Waals surface area contributed by atoms with Crippen molar-refractivity contribution < 1.29 is 9.84 Å². The molecule has 2 heterocycles. The summed E-state index contributed by atoms with van der Waals surface area (Å²) in [5.74, 6) is 0.826. The summed E-state index contributed by atoms with van der Waals surface area (Å²) in [6.45, 7) is 5.93. The third-order valence-electron chi connectivity index (χ3n) is 6.27. The van der Waals surface area contributed by atoms with Gasteiger partial charge >= 0.3 is 0 Å². The minimum Gasteiger partial charge on any atom is -0.373 e. The summed E-state index contributed by atoms with van der Waals surface area (Å²) < 4.78 is 6.01. The van der Waals surface area contributed by atoms with Gasteiger partial charge in [-0.2, -0.15) is 0 Å². The van der Waals surface area contributed by atoms with E-state index in [1.807, 2.05) is 49.1 Å². The first-order valence-corrected chi connectivity index (χ1v) is 11.2. The van der Waals surface area contributed by atoms with E-state index in [1.165, 1.54) is 5.56 Å². The second-order valence-corrected chi connectivity index (χ2v) is 8.68. The molecule has 1 aromatic carbocycles. The van der Waals surface area contributed by atoms with E-state index >= 15 is 0 Å². The molecule has 0 spiro atoms. The highest BCUT2D eigenvalue weighted by molar-refractivity contribution is 6.01. The number of ether oxygens (including phenoxy) is 1. The van der Waals surface area contributed by atoms with Crippen LogP contribution < -0.4 is 4.90 Å². The molecule has 0 radical (unpaired) electrons. The second-order valence-electron chi connectivity index (χ2n) is 8.68. The van der Waals surface area contributed by atoms with Crippen LogP contribution in [-0.2, 0) is 11.3 Å². The Kier molecular flexibility index (Phi) is 6.83. The van der Waals surface area contributed by atoms with Crippen molar-refractivity contribution in [1.82, 2.24) is 14.8 Å². The van der Waals surface area contributed by atoms with E-state index in [-0.39, 0.29) is 18.0 Å². The summed E-state index contributed by atoms with van der Waals surface area (Å²) in [5.41, 5.74) is 1.67. The fraction of sp³-hybridized carbons (Fsp3) is 0.458. The standard InChI is InChI=1S/C24H32N6O2/c1-17(2)30(16-25)23(26)21-9-6-10-22(27-21)29-12-11-28(24(29)31)19-13-20(14-19)32-15-18-7-4-3-5-8-18/h3-10,16-17,19-20,24-26,31H,11-15H2,1-2H3. The number of nitrogens with one attached hydrogen (secondary N) is 2. The van der Waals surface area contributed by atoms with Gasteiger partial charge in [0.05, 0.1) is 19.0 Å². The molecule has 8 nitrogen and oxygen atoms in total. The molecule has 4 rings (SSSR count). The first kappa shape index (κ1) is 22.4. The Morgan fingerprint density at radius 3 is 2.62 bits per heavy atom. The van der Waals surface area contributed by atoms with Gasteiger partial charge in [0.1, 0.15) is 11.5 Å². The number of pyridine rings is 1. The fourth-order valence-corrected chi connectivity index (χ4v) is 4.29. The van der Waals surface area contributed by atoms with Crippen LogP contribution in [0.2, 0.25) is 0 Å². The summed E-state index contributed by atoms with van der Waals surface area (Å²) >= 11 is 0. The third-order valence-corrected chi connectivity index (χ3v) is 6.27. The van der Waals surface area contributed by atoms with Crippen LogP contribution in [0.25, 0.3) is 0 Å². The van der Waals surface area contributed by atoms with Gasteiger partial charge in [0, 0.05) is 25.2 Å². The summed E-state index contributed by atoms with van der Waals surface area (Å²) in [5, 5.41) is 27.0. The van der Waals surface area contributed by atoms with Gasteiger partial charge in [-0.3, -0.25) is 15.7 Å². The summed E-state index contributed by atoms with van der Waals surface area (Å²) in [6.07, 6.45) is 2.47. The second kappa shape index (κ2) is 9.77. The number of benzene rings is 1. The predicted molar refractivity (Wildman–Crippen MR) is 125 cm³/mol. The van der Waals surface area contributed by atoms with Crippen LogP contribution in [0.15, 0.2) is 48.5 Å². The first-order valence-electron chi connectivity index (χ1n) is 11.2. The topological polar surface area (TPSA) is 99.8 Å². The Labute approximate surface area is 189 Å². The maximum Gasteiger partial charge on any atom is 0.188 e. The zero-order valence-corrected chi connectivity index (χ0v) is 18.7. The molecule has 1 atom stereocenters. The van der Waals surface area contributed by atoms with E-state index in [0.717, 1.165) is 25.7 Å². The number of aliphatic hydroxyl groups excluding tert-OH is 1. The Balaban J connectivity index is 1.33. The Morgan fingerprint density at radius 1 is 1.19 bits per heavy atom. The van der Waals surface area contributed by atoms with Gasteiger partial charge in [-0.25, -0.2) is 4.98 Å². The van der Waals surface area contributed by atoms with Crippen LogP contribution in [0.4, 0.5) is 5.82 Å². The smallest absolute Gasteiger partial charge is 0.188 e. The summed E-state index contributed by atoms with van der Waals surface area (Å²) in [7, 11) is 0. The average Bonchev–Trinajstić information content (AvgIpc) is 3.14. The molecule has 1 saturated carbocycles. The molecule has 32 heavy (non-hydrogen) atoms. The molecule has 8 heteroatoms. The number of nitrogens with zero attached hydrogens (tertiary/aromatic N) is 4. The fourth-order valence-electron chi connectivity index (χ4n) is 4.29. The third kappa shape index (κ3) is 4.67. The molecule has 1 saturated heterocycles. The number of anilines is 1. The van der Waals surface area contributed by atoms with Crippen molar-refractivity contribution in [1.29, 1.82) is 10.8 Å². The van der Waals surface area contributed by atoms with Crippen LogP contribution in [0.3, 0.4) is 0 Å². The molecule has 0 bridgehead atoms. The number of hydrogen-bond donors (Lipinski definition) is 3. The van der Waals surface area contributed by atoms with Gasteiger partial charge in [-0.15, -0.1) is 0 Å². The van der Waals surface area contributed by atoms with Crippen LogP contribution in [0.5, 0.6) is 0 Å². The van der Waals surface area contributed by atoms with Crippen molar-refractivity contribution in [2.24, 2.45) is 0 Å². The minimum absolute atomic E-state index is 0.00556. The highest BCUT2D eigenvalue weighted by atomic mass is 16.5. The Bertz CT molecular complexity index is 931. The molecule has 1 aliphatic heterocycles. The van der Waals surface area contributed by atoms with Crippen molar-refractivity contribution in [3.63, 3.8) is 0 Å². The van der Waals surface area contributed by atoms with Crippen LogP contribution >= 0.6 is 0 Å². The molecule has 2 aromatic rings. The molecule has 2 aliphatic rings. The number of aromatic nitrogens is 1. The van der Waals surface area contributed by atoms with Gasteiger partial charge in [0.25, 0.3) is 0 Å². The van der Waals surface area contributed by atoms with E-state index in [2.05, 4.69) is 22.0 Å². The maximum atomic E-state index is 11.0. The molecule has 2 fully saturated rings. The van der Waals surface area contributed by atoms with Crippen molar-refractivity contribution in [3.8, 4) is 0 Å². The van der Waals surface area contributed by atoms with Crippen LogP contribution in [0, 0.1) is 10.8 Å². The quantitative estimate of drug-likeness (QED) is 0.435. The van der Waals surface area contributed by atoms with Gasteiger partial charge < -0.3 is 19.6 Å². The van der Waals surface area contributed by atoms with Crippen LogP contribution in [0.1, 0.15) is 37.9 Å². The number of amidine groups is 1. The molecule has 1 aromatic heterocycles. The first-order chi connectivity index (χ1) is 15.5. The van der Waals surface area contributed by atoms with Crippen molar-refractivity contribution in [2.45, 2.75) is 57.8 Å². The number of hydrogen-bond acceptors (Lipinski definition) is 7. The Hall–Kier alpha value is -2.81. The maximum absolute atomic E-state index is 11.0. The zero-order chi connectivity index (χ0) is 22.7. The lowest BCUT2D eigenvalue weighted by Gasteiger charge is -2.42. The lowest BCUT2D eigenvalue weighted by atomic mass is 9.88. The lowest BCUT2D eigenvalue weighted by molar-refractivity contribution is -0.0906. The SMILES string of the molecule is CC(C)N(C=N)C(=N)c1cccc(N2CCN(C3CC(OCc4ccccc4)C3)C2O)n1. The van der Waals surface area contributed by atoms with E-state index in [9.17, 15) is 5.11 Å². The normalized spacial score (nSPS) is 23.2. The van der Waals surface area contributed by atoms with Crippen molar-refractivity contribution in [2.75, 3.05) is 18.0 Å². The van der Waals surface area contributed by atoms with Gasteiger partial charge in [-0.05, 0) is 44.4 Å². The van der Waals surface area contributed by atoms with Gasteiger partial charge in [0.15, 0.2) is 12.2 Å². The van der Waals surface area contributed by atoms with E-state index < -0.39 is 6.35 Å². The zero-order valence-electron chi connectivity index (χ0n) is 18.7. The molecule has 1 unspecified atom stereocenters. The molecule has 1 aliphatic carbocycles. The monoisotopic (exact) mass is 436 g/mol. The summed E-state index contributed by atoms with van der Waals surface area (Å²) in [6, 6.07) is 16.0. The highest BCUT2D eigenvalue weighted by Gasteiger charge is 2.42. The van der Waals surface area contributed by atoms with Crippen molar-refractivity contribution >= 4 is 18.0 Å². The molecule has 3 N–H and O–H groups in total. The number of rotatable bonds is 8.